The predicted molar refractivity (Wildman–Crippen MR) is 81.2 cm³/mol. The minimum absolute atomic E-state index is 0.119. The Morgan fingerprint density at radius 2 is 2.10 bits per heavy atom. The molecule has 20 heavy (non-hydrogen) atoms. The fraction of sp³-hybridized carbons (Fsp3) is 0.538. The van der Waals surface area contributed by atoms with Crippen molar-refractivity contribution in [1.82, 2.24) is 4.31 Å². The highest BCUT2D eigenvalue weighted by atomic mass is 79.9. The van der Waals surface area contributed by atoms with E-state index in [0.29, 0.717) is 23.3 Å². The first kappa shape index (κ1) is 15.8. The number of hydrogen-bond donors (Lipinski definition) is 1. The van der Waals surface area contributed by atoms with Gasteiger partial charge in [-0.2, -0.15) is 4.31 Å². The second-order valence-corrected chi connectivity index (χ2v) is 8.04. The summed E-state index contributed by atoms with van der Waals surface area (Å²) in [5, 5.41) is 0. The van der Waals surface area contributed by atoms with Gasteiger partial charge < -0.3 is 10.5 Å². The van der Waals surface area contributed by atoms with Gasteiger partial charge in [-0.05, 0) is 30.5 Å². The highest BCUT2D eigenvalue weighted by Crippen LogP contribution is 2.31. The number of nitrogens with two attached hydrogens (primary N) is 1. The number of hydrogen-bond acceptors (Lipinski definition) is 4. The first-order chi connectivity index (χ1) is 9.34. The van der Waals surface area contributed by atoms with Gasteiger partial charge in [-0.1, -0.05) is 22.9 Å². The molecule has 1 aliphatic heterocycles. The number of benzene rings is 1. The Morgan fingerprint density at radius 3 is 2.70 bits per heavy atom. The molecule has 0 spiro atoms. The third kappa shape index (κ3) is 3.16. The molecule has 2 N–H and O–H groups in total. The highest BCUT2D eigenvalue weighted by Gasteiger charge is 2.33. The lowest BCUT2D eigenvalue weighted by molar-refractivity contribution is 0.253. The zero-order chi connectivity index (χ0) is 14.9. The molecule has 1 heterocycles. The molecule has 1 fully saturated rings. The van der Waals surface area contributed by atoms with Crippen molar-refractivity contribution in [2.24, 2.45) is 11.7 Å². The Hall–Kier alpha value is -0.630. The van der Waals surface area contributed by atoms with E-state index in [1.54, 1.807) is 18.2 Å². The minimum Gasteiger partial charge on any atom is -0.495 e. The number of rotatable bonds is 3. The van der Waals surface area contributed by atoms with Crippen molar-refractivity contribution in [1.29, 1.82) is 0 Å². The molecule has 1 saturated heterocycles. The van der Waals surface area contributed by atoms with Gasteiger partial charge in [-0.15, -0.1) is 0 Å². The predicted octanol–water partition coefficient (Wildman–Crippen LogP) is 1.82. The number of nitrogens with zero attached hydrogens (tertiary/aromatic N) is 1. The van der Waals surface area contributed by atoms with Gasteiger partial charge in [0.25, 0.3) is 0 Å². The monoisotopic (exact) mass is 362 g/mol. The van der Waals surface area contributed by atoms with Crippen molar-refractivity contribution >= 4 is 26.0 Å². The molecule has 2 rings (SSSR count). The highest BCUT2D eigenvalue weighted by molar-refractivity contribution is 9.10. The summed E-state index contributed by atoms with van der Waals surface area (Å²) in [6, 6.07) is 4.85. The van der Waals surface area contributed by atoms with Crippen LogP contribution in [-0.2, 0) is 10.0 Å². The lowest BCUT2D eigenvalue weighted by atomic mass is 9.99. The quantitative estimate of drug-likeness (QED) is 0.889. The van der Waals surface area contributed by atoms with Crippen LogP contribution in [0.15, 0.2) is 27.6 Å². The van der Waals surface area contributed by atoms with Crippen LogP contribution in [-0.4, -0.2) is 39.0 Å². The number of methoxy groups -OCH3 is 1. The average Bonchev–Trinajstić information content (AvgIpc) is 2.37. The SMILES string of the molecule is COc1ccc(Br)cc1S(=O)(=O)N1CC(C)CC(N)C1. The van der Waals surface area contributed by atoms with Gasteiger partial charge in [0.2, 0.25) is 10.0 Å². The molecule has 1 aromatic rings. The molecule has 0 aliphatic carbocycles. The smallest absolute Gasteiger partial charge is 0.246 e. The number of ether oxygens (including phenoxy) is 1. The molecule has 1 aliphatic rings. The summed E-state index contributed by atoms with van der Waals surface area (Å²) < 4.78 is 32.9. The Kier molecular flexibility index (Phi) is 4.73. The number of sulfonamides is 1. The second-order valence-electron chi connectivity index (χ2n) is 5.22. The normalized spacial score (nSPS) is 24.6. The largest absolute Gasteiger partial charge is 0.495 e. The van der Waals surface area contributed by atoms with Crippen LogP contribution in [0.2, 0.25) is 0 Å². The summed E-state index contributed by atoms with van der Waals surface area (Å²) in [7, 11) is -2.13. The molecule has 7 heteroatoms. The van der Waals surface area contributed by atoms with Gasteiger partial charge in [-0.25, -0.2) is 8.42 Å². The van der Waals surface area contributed by atoms with Gasteiger partial charge >= 0.3 is 0 Å². The Balaban J connectivity index is 2.42. The molecule has 0 aromatic heterocycles. The van der Waals surface area contributed by atoms with Crippen molar-refractivity contribution in [2.45, 2.75) is 24.3 Å². The van der Waals surface area contributed by atoms with Crippen LogP contribution in [0.1, 0.15) is 13.3 Å². The van der Waals surface area contributed by atoms with E-state index in [0.717, 1.165) is 6.42 Å². The summed E-state index contributed by atoms with van der Waals surface area (Å²) >= 11 is 3.30. The standard InChI is InChI=1S/C13H19BrN2O3S/c1-9-5-11(15)8-16(7-9)20(17,18)13-6-10(14)3-4-12(13)19-2/h3-4,6,9,11H,5,7-8,15H2,1-2H3. The van der Waals surface area contributed by atoms with E-state index < -0.39 is 10.0 Å². The summed E-state index contributed by atoms with van der Waals surface area (Å²) in [5.74, 6) is 0.603. The topological polar surface area (TPSA) is 72.6 Å². The van der Waals surface area contributed by atoms with E-state index in [-0.39, 0.29) is 16.9 Å². The van der Waals surface area contributed by atoms with Gasteiger partial charge in [-0.3, -0.25) is 0 Å². The molecule has 0 amide bonds. The second kappa shape index (κ2) is 6.01. The maximum absolute atomic E-state index is 12.8. The van der Waals surface area contributed by atoms with E-state index in [2.05, 4.69) is 15.9 Å². The summed E-state index contributed by atoms with van der Waals surface area (Å²) in [6.07, 6.45) is 0.849. The Morgan fingerprint density at radius 1 is 1.40 bits per heavy atom. The van der Waals surface area contributed by atoms with Crippen LogP contribution in [0.4, 0.5) is 0 Å². The molecule has 1 aromatic carbocycles. The van der Waals surface area contributed by atoms with E-state index in [9.17, 15) is 8.42 Å². The molecule has 0 saturated carbocycles. The van der Waals surface area contributed by atoms with Crippen LogP contribution >= 0.6 is 15.9 Å². The van der Waals surface area contributed by atoms with Crippen molar-refractivity contribution < 1.29 is 13.2 Å². The van der Waals surface area contributed by atoms with Gasteiger partial charge in [0.05, 0.1) is 7.11 Å². The van der Waals surface area contributed by atoms with E-state index in [1.165, 1.54) is 11.4 Å². The van der Waals surface area contributed by atoms with Crippen LogP contribution in [0, 0.1) is 5.92 Å². The molecule has 2 unspecified atom stereocenters. The summed E-state index contributed by atoms with van der Waals surface area (Å²) in [4.78, 5) is 0.177. The zero-order valence-electron chi connectivity index (χ0n) is 11.5. The molecule has 112 valence electrons. The number of piperidine rings is 1. The third-order valence-corrected chi connectivity index (χ3v) is 5.75. The molecule has 0 bridgehead atoms. The van der Waals surface area contributed by atoms with Crippen LogP contribution in [0.5, 0.6) is 5.75 Å². The zero-order valence-corrected chi connectivity index (χ0v) is 13.9. The van der Waals surface area contributed by atoms with E-state index >= 15 is 0 Å². The third-order valence-electron chi connectivity index (χ3n) is 3.40. The lowest BCUT2D eigenvalue weighted by Gasteiger charge is -2.34. The Bertz CT molecular complexity index is 581. The minimum atomic E-state index is -3.59. The van der Waals surface area contributed by atoms with E-state index in [1.807, 2.05) is 6.92 Å². The molecular formula is C13H19BrN2O3S. The van der Waals surface area contributed by atoms with Crippen LogP contribution < -0.4 is 10.5 Å². The van der Waals surface area contributed by atoms with Gasteiger partial charge in [0.15, 0.2) is 0 Å². The molecule has 0 radical (unpaired) electrons. The summed E-state index contributed by atoms with van der Waals surface area (Å²) in [5.41, 5.74) is 5.94. The lowest BCUT2D eigenvalue weighted by Crippen LogP contribution is -2.48. The van der Waals surface area contributed by atoms with Crippen LogP contribution in [0.3, 0.4) is 0 Å². The first-order valence-corrected chi connectivity index (χ1v) is 8.67. The number of halogens is 1. The maximum atomic E-state index is 12.8. The first-order valence-electron chi connectivity index (χ1n) is 6.44. The Labute approximate surface area is 128 Å². The van der Waals surface area contributed by atoms with Crippen molar-refractivity contribution in [2.75, 3.05) is 20.2 Å². The van der Waals surface area contributed by atoms with Crippen molar-refractivity contribution in [3.8, 4) is 5.75 Å². The fourth-order valence-corrected chi connectivity index (χ4v) is 4.85. The fourth-order valence-electron chi connectivity index (χ4n) is 2.54. The van der Waals surface area contributed by atoms with E-state index in [4.69, 9.17) is 10.5 Å². The van der Waals surface area contributed by atoms with Gasteiger partial charge in [0.1, 0.15) is 10.6 Å². The molecule has 2 atom stereocenters. The van der Waals surface area contributed by atoms with Gasteiger partial charge in [0, 0.05) is 23.6 Å². The summed E-state index contributed by atoms with van der Waals surface area (Å²) in [6.45, 7) is 2.85. The van der Waals surface area contributed by atoms with Crippen molar-refractivity contribution in [3.05, 3.63) is 22.7 Å². The van der Waals surface area contributed by atoms with Crippen LogP contribution in [0.25, 0.3) is 0 Å². The maximum Gasteiger partial charge on any atom is 0.246 e. The van der Waals surface area contributed by atoms with Crippen molar-refractivity contribution in [3.63, 3.8) is 0 Å². The average molecular weight is 363 g/mol. The molecule has 5 nitrogen and oxygen atoms in total. The molecular weight excluding hydrogens is 344 g/mol.